The number of nitrogens with zero attached hydrogens (tertiary/aromatic N) is 1. The Morgan fingerprint density at radius 1 is 1.07 bits per heavy atom. The lowest BCUT2D eigenvalue weighted by Crippen LogP contribution is -2.39. The zero-order valence-electron chi connectivity index (χ0n) is 16.8. The summed E-state index contributed by atoms with van der Waals surface area (Å²) in [5, 5.41) is 5.83. The summed E-state index contributed by atoms with van der Waals surface area (Å²) >= 11 is 1.19. The summed E-state index contributed by atoms with van der Waals surface area (Å²) in [4.78, 5) is 13.2. The number of carbonyl (C=O) groups is 1. The molecule has 0 spiro atoms. The third kappa shape index (κ3) is 5.56. The van der Waals surface area contributed by atoms with E-state index in [9.17, 15) is 13.2 Å². The van der Waals surface area contributed by atoms with Gasteiger partial charge in [0.1, 0.15) is 4.21 Å². The molecule has 0 fully saturated rings. The molecule has 1 aromatic heterocycles. The largest absolute Gasteiger partial charge is 0.333 e. The molecule has 1 heterocycles. The number of benzene rings is 1. The average molecular weight is 424 g/mol. The number of nitrogens with one attached hydrogen (secondary N) is 2. The van der Waals surface area contributed by atoms with Crippen molar-refractivity contribution in [2.75, 3.05) is 13.1 Å². The first-order chi connectivity index (χ1) is 13.3. The first kappa shape index (κ1) is 22.4. The maximum atomic E-state index is 12.6. The monoisotopic (exact) mass is 423 g/mol. The first-order valence-corrected chi connectivity index (χ1v) is 11.7. The Labute approximate surface area is 172 Å². The highest BCUT2D eigenvalue weighted by Crippen LogP contribution is 2.25. The van der Waals surface area contributed by atoms with E-state index in [1.165, 1.54) is 15.6 Å². The van der Waals surface area contributed by atoms with Gasteiger partial charge in [-0.2, -0.15) is 4.31 Å². The summed E-state index contributed by atoms with van der Waals surface area (Å²) in [6, 6.07) is 12.8. The van der Waals surface area contributed by atoms with Crippen LogP contribution in [0.1, 0.15) is 44.2 Å². The van der Waals surface area contributed by atoms with Gasteiger partial charge in [0.05, 0.1) is 12.6 Å². The standard InChI is InChI=1S/C20H29N3O3S2/c1-5-23(6-2)28(25,26)18-13-12-17(27-18)14-21-20(24)22-19(15(3)4)16-10-8-7-9-11-16/h7-13,15,19H,5-6,14H2,1-4H3,(H2,21,22,24). The lowest BCUT2D eigenvalue weighted by molar-refractivity contribution is 0.233. The number of amides is 2. The van der Waals surface area contributed by atoms with Gasteiger partial charge in [-0.3, -0.25) is 0 Å². The number of hydrogen-bond donors (Lipinski definition) is 2. The second kappa shape index (κ2) is 10.0. The van der Waals surface area contributed by atoms with Crippen LogP contribution < -0.4 is 10.6 Å². The number of carbonyl (C=O) groups excluding carboxylic acids is 1. The van der Waals surface area contributed by atoms with E-state index in [4.69, 9.17) is 0 Å². The molecular weight excluding hydrogens is 394 g/mol. The third-order valence-corrected chi connectivity index (χ3v) is 8.07. The highest BCUT2D eigenvalue weighted by molar-refractivity contribution is 7.91. The molecule has 2 N–H and O–H groups in total. The van der Waals surface area contributed by atoms with Gasteiger partial charge in [0.25, 0.3) is 10.0 Å². The summed E-state index contributed by atoms with van der Waals surface area (Å²) in [7, 11) is -3.46. The van der Waals surface area contributed by atoms with Crippen LogP contribution in [0.5, 0.6) is 0 Å². The predicted octanol–water partition coefficient (Wildman–Crippen LogP) is 3.98. The average Bonchev–Trinajstić information content (AvgIpc) is 3.15. The van der Waals surface area contributed by atoms with Crippen LogP contribution in [0, 0.1) is 5.92 Å². The number of sulfonamides is 1. The van der Waals surface area contributed by atoms with Crippen molar-refractivity contribution < 1.29 is 13.2 Å². The van der Waals surface area contributed by atoms with E-state index < -0.39 is 10.0 Å². The van der Waals surface area contributed by atoms with Crippen LogP contribution >= 0.6 is 11.3 Å². The van der Waals surface area contributed by atoms with E-state index in [2.05, 4.69) is 24.5 Å². The smallest absolute Gasteiger partial charge is 0.315 e. The molecule has 2 amide bonds. The summed E-state index contributed by atoms with van der Waals surface area (Å²) in [5.74, 6) is 0.237. The lowest BCUT2D eigenvalue weighted by atomic mass is 9.96. The molecule has 6 nitrogen and oxygen atoms in total. The highest BCUT2D eigenvalue weighted by atomic mass is 32.2. The lowest BCUT2D eigenvalue weighted by Gasteiger charge is -2.23. The van der Waals surface area contributed by atoms with Crippen molar-refractivity contribution in [3.8, 4) is 0 Å². The van der Waals surface area contributed by atoms with Crippen molar-refractivity contribution in [2.45, 2.75) is 44.5 Å². The van der Waals surface area contributed by atoms with Crippen molar-refractivity contribution in [3.05, 3.63) is 52.9 Å². The van der Waals surface area contributed by atoms with E-state index in [1.807, 2.05) is 44.2 Å². The molecule has 154 valence electrons. The Balaban J connectivity index is 1.99. The molecule has 2 aromatic rings. The summed E-state index contributed by atoms with van der Waals surface area (Å²) < 4.78 is 26.8. The van der Waals surface area contributed by atoms with E-state index in [1.54, 1.807) is 12.1 Å². The minimum Gasteiger partial charge on any atom is -0.333 e. The van der Waals surface area contributed by atoms with Gasteiger partial charge < -0.3 is 10.6 Å². The van der Waals surface area contributed by atoms with Crippen LogP contribution in [0.3, 0.4) is 0 Å². The summed E-state index contributed by atoms with van der Waals surface area (Å²) in [5.41, 5.74) is 1.05. The van der Waals surface area contributed by atoms with Crippen LogP contribution in [0.25, 0.3) is 0 Å². The van der Waals surface area contributed by atoms with Gasteiger partial charge >= 0.3 is 6.03 Å². The minimum absolute atomic E-state index is 0.0943. The second-order valence-corrected chi connectivity index (χ2v) is 10.1. The van der Waals surface area contributed by atoms with Crippen LogP contribution in [0.4, 0.5) is 4.79 Å². The molecular formula is C20H29N3O3S2. The topological polar surface area (TPSA) is 78.5 Å². The number of rotatable bonds is 9. The summed E-state index contributed by atoms with van der Waals surface area (Å²) in [6.07, 6.45) is 0. The van der Waals surface area contributed by atoms with Gasteiger partial charge in [-0.15, -0.1) is 11.3 Å². The molecule has 28 heavy (non-hydrogen) atoms. The molecule has 0 aliphatic carbocycles. The van der Waals surface area contributed by atoms with Crippen LogP contribution in [0.15, 0.2) is 46.7 Å². The maximum Gasteiger partial charge on any atom is 0.315 e. The molecule has 0 saturated heterocycles. The molecule has 0 bridgehead atoms. The van der Waals surface area contributed by atoms with Crippen LogP contribution in [-0.4, -0.2) is 31.8 Å². The maximum absolute atomic E-state index is 12.6. The number of urea groups is 1. The molecule has 8 heteroatoms. The fourth-order valence-corrected chi connectivity index (χ4v) is 5.85. The molecule has 0 saturated carbocycles. The first-order valence-electron chi connectivity index (χ1n) is 9.47. The molecule has 1 atom stereocenters. The van der Waals surface area contributed by atoms with Crippen molar-refractivity contribution >= 4 is 27.4 Å². The van der Waals surface area contributed by atoms with Crippen LogP contribution in [-0.2, 0) is 16.6 Å². The molecule has 1 aromatic carbocycles. The van der Waals surface area contributed by atoms with Gasteiger partial charge in [0, 0.05) is 18.0 Å². The Hall–Kier alpha value is -1.90. The third-order valence-electron chi connectivity index (χ3n) is 4.47. The van der Waals surface area contributed by atoms with E-state index in [-0.39, 0.29) is 24.5 Å². The van der Waals surface area contributed by atoms with Crippen molar-refractivity contribution in [3.63, 3.8) is 0 Å². The molecule has 0 radical (unpaired) electrons. The number of thiophene rings is 1. The molecule has 0 aliphatic rings. The predicted molar refractivity (Wildman–Crippen MR) is 114 cm³/mol. The summed E-state index contributed by atoms with van der Waals surface area (Å²) in [6.45, 7) is 8.90. The van der Waals surface area contributed by atoms with Crippen molar-refractivity contribution in [1.82, 2.24) is 14.9 Å². The van der Waals surface area contributed by atoms with Gasteiger partial charge in [0.2, 0.25) is 0 Å². The fourth-order valence-electron chi connectivity index (χ4n) is 2.94. The second-order valence-electron chi connectivity index (χ2n) is 6.77. The van der Waals surface area contributed by atoms with E-state index in [0.717, 1.165) is 10.4 Å². The van der Waals surface area contributed by atoms with Gasteiger partial charge in [0.15, 0.2) is 0 Å². The van der Waals surface area contributed by atoms with Gasteiger partial charge in [-0.25, -0.2) is 13.2 Å². The van der Waals surface area contributed by atoms with Crippen LogP contribution in [0.2, 0.25) is 0 Å². The van der Waals surface area contributed by atoms with Gasteiger partial charge in [-0.05, 0) is 23.6 Å². The minimum atomic E-state index is -3.46. The Morgan fingerprint density at radius 3 is 2.29 bits per heavy atom. The van der Waals surface area contributed by atoms with Gasteiger partial charge in [-0.1, -0.05) is 58.0 Å². The Kier molecular flexibility index (Phi) is 8.03. The van der Waals surface area contributed by atoms with Crippen molar-refractivity contribution in [1.29, 1.82) is 0 Å². The molecule has 2 rings (SSSR count). The molecule has 0 aliphatic heterocycles. The SMILES string of the molecule is CCN(CC)S(=O)(=O)c1ccc(CNC(=O)NC(c2ccccc2)C(C)C)s1. The number of hydrogen-bond acceptors (Lipinski definition) is 4. The highest BCUT2D eigenvalue weighted by Gasteiger charge is 2.23. The van der Waals surface area contributed by atoms with Crippen molar-refractivity contribution in [2.24, 2.45) is 5.92 Å². The van der Waals surface area contributed by atoms with E-state index >= 15 is 0 Å². The quantitative estimate of drug-likeness (QED) is 0.640. The van der Waals surface area contributed by atoms with E-state index in [0.29, 0.717) is 17.3 Å². The Morgan fingerprint density at radius 2 is 1.71 bits per heavy atom. The fraction of sp³-hybridized carbons (Fsp3) is 0.450. The molecule has 1 unspecified atom stereocenters. The zero-order chi connectivity index (χ0) is 20.7. The Bertz CT molecular complexity index is 860. The zero-order valence-corrected chi connectivity index (χ0v) is 18.4. The normalized spacial score (nSPS) is 12.9.